The van der Waals surface area contributed by atoms with Crippen LogP contribution in [0.2, 0.25) is 0 Å². The van der Waals surface area contributed by atoms with Gasteiger partial charge in [0.15, 0.2) is 0 Å². The summed E-state index contributed by atoms with van der Waals surface area (Å²) in [5.41, 5.74) is 0. The normalized spacial score (nSPS) is 39.6. The second kappa shape index (κ2) is 5.17. The molecule has 0 heterocycles. The fourth-order valence-corrected chi connectivity index (χ4v) is 2.84. The molecule has 0 spiro atoms. The van der Waals surface area contributed by atoms with Crippen molar-refractivity contribution in [2.75, 3.05) is 0 Å². The van der Waals surface area contributed by atoms with Crippen molar-refractivity contribution >= 4 is 5.97 Å². The van der Waals surface area contributed by atoms with Crippen LogP contribution in [0.5, 0.6) is 0 Å². The number of aliphatic hydroxyl groups is 1. The number of hydrogen-bond donors (Lipinski definition) is 1. The highest BCUT2D eigenvalue weighted by atomic mass is 16.5. The van der Waals surface area contributed by atoms with Crippen LogP contribution in [0.25, 0.3) is 0 Å². The molecular formula is C13H22O3. The summed E-state index contributed by atoms with van der Waals surface area (Å²) in [6.45, 7) is 2.20. The number of esters is 1. The van der Waals surface area contributed by atoms with Crippen molar-refractivity contribution in [1.82, 2.24) is 0 Å². The van der Waals surface area contributed by atoms with Crippen molar-refractivity contribution in [3.8, 4) is 0 Å². The van der Waals surface area contributed by atoms with E-state index < -0.39 is 0 Å². The molecule has 0 saturated heterocycles. The van der Waals surface area contributed by atoms with Gasteiger partial charge in [0.25, 0.3) is 0 Å². The maximum absolute atomic E-state index is 11.9. The topological polar surface area (TPSA) is 46.5 Å². The highest BCUT2D eigenvalue weighted by Crippen LogP contribution is 2.32. The van der Waals surface area contributed by atoms with E-state index in [1.165, 1.54) is 0 Å². The Morgan fingerprint density at radius 3 is 2.38 bits per heavy atom. The van der Waals surface area contributed by atoms with E-state index in [-0.39, 0.29) is 24.1 Å². The monoisotopic (exact) mass is 226 g/mol. The molecular weight excluding hydrogens is 204 g/mol. The Bertz CT molecular complexity index is 244. The summed E-state index contributed by atoms with van der Waals surface area (Å²) >= 11 is 0. The zero-order chi connectivity index (χ0) is 11.5. The van der Waals surface area contributed by atoms with Gasteiger partial charge >= 0.3 is 5.97 Å². The first-order chi connectivity index (χ1) is 7.65. The third-order valence-corrected chi connectivity index (χ3v) is 3.95. The molecule has 3 heteroatoms. The molecule has 1 N–H and O–H groups in total. The van der Waals surface area contributed by atoms with Crippen LogP contribution in [-0.2, 0) is 9.53 Å². The smallest absolute Gasteiger partial charge is 0.309 e. The van der Waals surface area contributed by atoms with E-state index in [1.807, 2.05) is 0 Å². The van der Waals surface area contributed by atoms with Crippen molar-refractivity contribution < 1.29 is 14.6 Å². The van der Waals surface area contributed by atoms with Crippen LogP contribution >= 0.6 is 0 Å². The van der Waals surface area contributed by atoms with Gasteiger partial charge in [-0.1, -0.05) is 6.92 Å². The maximum Gasteiger partial charge on any atom is 0.309 e. The molecule has 92 valence electrons. The summed E-state index contributed by atoms with van der Waals surface area (Å²) in [7, 11) is 0. The highest BCUT2D eigenvalue weighted by Gasteiger charge is 2.31. The molecule has 2 saturated carbocycles. The first-order valence-corrected chi connectivity index (χ1v) is 6.53. The summed E-state index contributed by atoms with van der Waals surface area (Å²) in [5, 5.41) is 9.37. The summed E-state index contributed by atoms with van der Waals surface area (Å²) in [6.07, 6.45) is 6.24. The second-order valence-electron chi connectivity index (χ2n) is 5.48. The number of hydrogen-bond acceptors (Lipinski definition) is 3. The molecule has 0 aromatic heterocycles. The third-order valence-electron chi connectivity index (χ3n) is 3.95. The molecule has 0 aliphatic heterocycles. The summed E-state index contributed by atoms with van der Waals surface area (Å²) in [6, 6.07) is 0. The predicted molar refractivity (Wildman–Crippen MR) is 60.9 cm³/mol. The average molecular weight is 226 g/mol. The van der Waals surface area contributed by atoms with E-state index in [0.29, 0.717) is 5.92 Å². The Morgan fingerprint density at radius 2 is 1.81 bits per heavy atom. The Balaban J connectivity index is 1.75. The lowest BCUT2D eigenvalue weighted by Gasteiger charge is -2.26. The summed E-state index contributed by atoms with van der Waals surface area (Å²) in [4.78, 5) is 11.9. The van der Waals surface area contributed by atoms with Gasteiger partial charge < -0.3 is 9.84 Å². The molecule has 0 aromatic carbocycles. The highest BCUT2D eigenvalue weighted by molar-refractivity contribution is 5.73. The van der Waals surface area contributed by atoms with E-state index in [9.17, 15) is 9.90 Å². The van der Waals surface area contributed by atoms with Crippen LogP contribution in [0.4, 0.5) is 0 Å². The number of ether oxygens (including phenoxy) is 1. The fraction of sp³-hybridized carbons (Fsp3) is 0.923. The van der Waals surface area contributed by atoms with Crippen molar-refractivity contribution in [3.63, 3.8) is 0 Å². The number of carbonyl (C=O) groups is 1. The Morgan fingerprint density at radius 1 is 1.12 bits per heavy atom. The molecule has 2 aliphatic carbocycles. The molecule has 2 unspecified atom stereocenters. The van der Waals surface area contributed by atoms with Gasteiger partial charge in [-0.3, -0.25) is 4.79 Å². The summed E-state index contributed by atoms with van der Waals surface area (Å²) < 4.78 is 5.52. The van der Waals surface area contributed by atoms with E-state index in [4.69, 9.17) is 4.74 Å². The van der Waals surface area contributed by atoms with Crippen molar-refractivity contribution in [2.24, 2.45) is 11.8 Å². The van der Waals surface area contributed by atoms with Gasteiger partial charge in [-0.15, -0.1) is 0 Å². The van der Waals surface area contributed by atoms with Crippen LogP contribution in [0.3, 0.4) is 0 Å². The first-order valence-electron chi connectivity index (χ1n) is 6.53. The fourth-order valence-electron chi connectivity index (χ4n) is 2.84. The number of carbonyl (C=O) groups excluding carboxylic acids is 1. The Labute approximate surface area is 97.2 Å². The predicted octanol–water partition coefficient (Wildman–Crippen LogP) is 2.27. The number of aliphatic hydroxyl groups excluding tert-OH is 1. The third kappa shape index (κ3) is 2.97. The summed E-state index contributed by atoms with van der Waals surface area (Å²) in [5.74, 6) is 0.818. The molecule has 0 radical (unpaired) electrons. The van der Waals surface area contributed by atoms with Gasteiger partial charge in [0.05, 0.1) is 12.0 Å². The molecule has 3 nitrogen and oxygen atoms in total. The molecule has 2 rings (SSSR count). The van der Waals surface area contributed by atoms with E-state index in [1.54, 1.807) is 0 Å². The number of rotatable bonds is 2. The van der Waals surface area contributed by atoms with E-state index in [2.05, 4.69) is 6.92 Å². The average Bonchev–Trinajstić information content (AvgIpc) is 2.68. The van der Waals surface area contributed by atoms with Gasteiger partial charge in [0.1, 0.15) is 6.10 Å². The minimum atomic E-state index is -0.179. The molecule has 0 aromatic rings. The second-order valence-corrected chi connectivity index (χ2v) is 5.48. The lowest BCUT2D eigenvalue weighted by molar-refractivity contribution is -0.156. The lowest BCUT2D eigenvalue weighted by Crippen LogP contribution is -2.28. The van der Waals surface area contributed by atoms with Gasteiger partial charge in [-0.05, 0) is 50.9 Å². The van der Waals surface area contributed by atoms with Gasteiger partial charge in [0.2, 0.25) is 0 Å². The van der Waals surface area contributed by atoms with Crippen LogP contribution in [0.15, 0.2) is 0 Å². The maximum atomic E-state index is 11.9. The first kappa shape index (κ1) is 11.9. The molecule has 2 atom stereocenters. The van der Waals surface area contributed by atoms with Crippen LogP contribution in [0.1, 0.15) is 51.9 Å². The SMILES string of the molecule is CC1CCC(C(=O)OC2CCC(O)CC2)C1. The Hall–Kier alpha value is -0.570. The van der Waals surface area contributed by atoms with Crippen molar-refractivity contribution in [1.29, 1.82) is 0 Å². The van der Waals surface area contributed by atoms with E-state index in [0.717, 1.165) is 44.9 Å². The minimum absolute atomic E-state index is 0.00531. The van der Waals surface area contributed by atoms with Gasteiger partial charge in [-0.2, -0.15) is 0 Å². The zero-order valence-electron chi connectivity index (χ0n) is 10.0. The van der Waals surface area contributed by atoms with Gasteiger partial charge in [-0.25, -0.2) is 0 Å². The minimum Gasteiger partial charge on any atom is -0.462 e. The van der Waals surface area contributed by atoms with Crippen LogP contribution in [-0.4, -0.2) is 23.3 Å². The van der Waals surface area contributed by atoms with Crippen LogP contribution in [0, 0.1) is 11.8 Å². The largest absolute Gasteiger partial charge is 0.462 e. The zero-order valence-corrected chi connectivity index (χ0v) is 10.0. The van der Waals surface area contributed by atoms with E-state index >= 15 is 0 Å². The van der Waals surface area contributed by atoms with Crippen molar-refractivity contribution in [2.45, 2.75) is 64.1 Å². The van der Waals surface area contributed by atoms with Crippen molar-refractivity contribution in [3.05, 3.63) is 0 Å². The Kier molecular flexibility index (Phi) is 3.85. The molecule has 0 amide bonds. The standard InChI is InChI=1S/C13H22O3/c1-9-2-3-10(8-9)13(15)16-12-6-4-11(14)5-7-12/h9-12,14H,2-8H2,1H3. The van der Waals surface area contributed by atoms with Gasteiger partial charge in [0, 0.05) is 0 Å². The molecule has 0 bridgehead atoms. The molecule has 2 fully saturated rings. The lowest BCUT2D eigenvalue weighted by atomic mass is 9.95. The molecule has 2 aliphatic rings. The molecule has 16 heavy (non-hydrogen) atoms. The quantitative estimate of drug-likeness (QED) is 0.735. The van der Waals surface area contributed by atoms with Crippen LogP contribution < -0.4 is 0 Å².